The lowest BCUT2D eigenvalue weighted by molar-refractivity contribution is 0.149. The van der Waals surface area contributed by atoms with Gasteiger partial charge in [0.2, 0.25) is 0 Å². The standard InChI is InChI=1S/C11H10N2O2/c12-11(14)15-7-9-6-5-8-3-1-2-4-10(8)13-9/h1-6H,7H2,(H2,12,14). The summed E-state index contributed by atoms with van der Waals surface area (Å²) < 4.78 is 4.65. The van der Waals surface area contributed by atoms with Crippen LogP contribution in [-0.2, 0) is 11.3 Å². The summed E-state index contributed by atoms with van der Waals surface area (Å²) >= 11 is 0. The molecule has 0 bridgehead atoms. The molecule has 0 fully saturated rings. The molecular formula is C11H10N2O2. The number of carbonyl (C=O) groups excluding carboxylic acids is 1. The van der Waals surface area contributed by atoms with Gasteiger partial charge in [0.15, 0.2) is 0 Å². The first-order valence-electron chi connectivity index (χ1n) is 4.52. The van der Waals surface area contributed by atoms with Crippen molar-refractivity contribution in [1.82, 2.24) is 4.98 Å². The number of ether oxygens (including phenoxy) is 1. The topological polar surface area (TPSA) is 65.2 Å². The van der Waals surface area contributed by atoms with Gasteiger partial charge in [0.05, 0.1) is 11.2 Å². The van der Waals surface area contributed by atoms with Crippen molar-refractivity contribution in [1.29, 1.82) is 0 Å². The smallest absolute Gasteiger partial charge is 0.404 e. The highest BCUT2D eigenvalue weighted by Crippen LogP contribution is 2.12. The molecule has 4 nitrogen and oxygen atoms in total. The molecule has 1 aromatic heterocycles. The molecule has 0 saturated heterocycles. The van der Waals surface area contributed by atoms with E-state index in [0.717, 1.165) is 10.9 Å². The lowest BCUT2D eigenvalue weighted by atomic mass is 10.2. The monoisotopic (exact) mass is 202 g/mol. The lowest BCUT2D eigenvalue weighted by Gasteiger charge is -2.02. The number of pyridine rings is 1. The van der Waals surface area contributed by atoms with E-state index in [9.17, 15) is 4.79 Å². The largest absolute Gasteiger partial charge is 0.443 e. The fourth-order valence-electron chi connectivity index (χ4n) is 1.33. The van der Waals surface area contributed by atoms with Gasteiger partial charge in [-0.25, -0.2) is 9.78 Å². The van der Waals surface area contributed by atoms with Crippen LogP contribution in [0.15, 0.2) is 36.4 Å². The summed E-state index contributed by atoms with van der Waals surface area (Å²) in [7, 11) is 0. The fraction of sp³-hybridized carbons (Fsp3) is 0.0909. The molecule has 0 spiro atoms. The third-order valence-electron chi connectivity index (χ3n) is 2.02. The van der Waals surface area contributed by atoms with E-state index in [1.807, 2.05) is 36.4 Å². The molecule has 76 valence electrons. The summed E-state index contributed by atoms with van der Waals surface area (Å²) in [4.78, 5) is 14.7. The molecule has 2 aromatic rings. The zero-order valence-corrected chi connectivity index (χ0v) is 8.01. The number of aromatic nitrogens is 1. The Hall–Kier alpha value is -2.10. The van der Waals surface area contributed by atoms with Crippen molar-refractivity contribution in [3.8, 4) is 0 Å². The van der Waals surface area contributed by atoms with E-state index in [1.54, 1.807) is 0 Å². The highest BCUT2D eigenvalue weighted by molar-refractivity contribution is 5.78. The number of primary amides is 1. The van der Waals surface area contributed by atoms with E-state index in [-0.39, 0.29) is 6.61 Å². The quantitative estimate of drug-likeness (QED) is 0.807. The zero-order valence-electron chi connectivity index (χ0n) is 8.01. The molecule has 0 aliphatic rings. The summed E-state index contributed by atoms with van der Waals surface area (Å²) in [5, 5.41) is 1.06. The number of amides is 1. The SMILES string of the molecule is NC(=O)OCc1ccc2ccccc2n1. The molecular weight excluding hydrogens is 192 g/mol. The summed E-state index contributed by atoms with van der Waals surface area (Å²) in [5.74, 6) is 0. The van der Waals surface area contributed by atoms with E-state index in [4.69, 9.17) is 5.73 Å². The normalized spacial score (nSPS) is 10.1. The van der Waals surface area contributed by atoms with Crippen LogP contribution >= 0.6 is 0 Å². The van der Waals surface area contributed by atoms with Crippen LogP contribution in [-0.4, -0.2) is 11.1 Å². The van der Waals surface area contributed by atoms with Crippen LogP contribution in [0.2, 0.25) is 0 Å². The van der Waals surface area contributed by atoms with Crippen molar-refractivity contribution in [2.24, 2.45) is 5.73 Å². The second-order valence-electron chi connectivity index (χ2n) is 3.10. The molecule has 0 aliphatic heterocycles. The van der Waals surface area contributed by atoms with Crippen molar-refractivity contribution < 1.29 is 9.53 Å². The molecule has 1 heterocycles. The third-order valence-corrected chi connectivity index (χ3v) is 2.02. The first kappa shape index (κ1) is 9.45. The highest BCUT2D eigenvalue weighted by atomic mass is 16.5. The number of rotatable bonds is 2. The Morgan fingerprint density at radius 3 is 2.87 bits per heavy atom. The van der Waals surface area contributed by atoms with Gasteiger partial charge in [0, 0.05) is 5.39 Å². The van der Waals surface area contributed by atoms with Crippen LogP contribution in [0, 0.1) is 0 Å². The molecule has 0 radical (unpaired) electrons. The number of fused-ring (bicyclic) bond motifs is 1. The van der Waals surface area contributed by atoms with E-state index in [0.29, 0.717) is 5.69 Å². The van der Waals surface area contributed by atoms with E-state index >= 15 is 0 Å². The summed E-state index contributed by atoms with van der Waals surface area (Å²) in [6.45, 7) is 0.111. The number of nitrogens with zero attached hydrogens (tertiary/aromatic N) is 1. The van der Waals surface area contributed by atoms with E-state index in [2.05, 4.69) is 9.72 Å². The maximum absolute atomic E-state index is 10.4. The Kier molecular flexibility index (Phi) is 2.49. The van der Waals surface area contributed by atoms with Crippen molar-refractivity contribution >= 4 is 17.0 Å². The van der Waals surface area contributed by atoms with Gasteiger partial charge >= 0.3 is 6.09 Å². The Bertz CT molecular complexity index is 497. The summed E-state index contributed by atoms with van der Waals surface area (Å²) in [6, 6.07) is 11.5. The summed E-state index contributed by atoms with van der Waals surface area (Å²) in [6.07, 6.45) is -0.787. The predicted octanol–water partition coefficient (Wildman–Crippen LogP) is 1.83. The Labute approximate surface area is 86.7 Å². The van der Waals surface area contributed by atoms with Gasteiger partial charge in [-0.15, -0.1) is 0 Å². The fourth-order valence-corrected chi connectivity index (χ4v) is 1.33. The number of nitrogens with two attached hydrogens (primary N) is 1. The molecule has 2 N–H and O–H groups in total. The number of hydrogen-bond donors (Lipinski definition) is 1. The van der Waals surface area contributed by atoms with Crippen molar-refractivity contribution in [3.05, 3.63) is 42.1 Å². The van der Waals surface area contributed by atoms with Gasteiger partial charge in [-0.1, -0.05) is 24.3 Å². The van der Waals surface area contributed by atoms with Gasteiger partial charge in [-0.3, -0.25) is 0 Å². The van der Waals surface area contributed by atoms with Crippen molar-refractivity contribution in [2.75, 3.05) is 0 Å². The number of carbonyl (C=O) groups is 1. The minimum Gasteiger partial charge on any atom is -0.443 e. The van der Waals surface area contributed by atoms with E-state index in [1.165, 1.54) is 0 Å². The van der Waals surface area contributed by atoms with Gasteiger partial charge in [-0.05, 0) is 12.1 Å². The first-order valence-corrected chi connectivity index (χ1v) is 4.52. The maximum atomic E-state index is 10.4. The average Bonchev–Trinajstić information content (AvgIpc) is 2.26. The van der Waals surface area contributed by atoms with Crippen molar-refractivity contribution in [3.63, 3.8) is 0 Å². The molecule has 15 heavy (non-hydrogen) atoms. The number of hydrogen-bond acceptors (Lipinski definition) is 3. The molecule has 1 amide bonds. The second-order valence-corrected chi connectivity index (χ2v) is 3.10. The Morgan fingerprint density at radius 2 is 2.07 bits per heavy atom. The van der Waals surface area contributed by atoms with Gasteiger partial charge in [-0.2, -0.15) is 0 Å². The minimum atomic E-state index is -0.787. The molecule has 2 rings (SSSR count). The Balaban J connectivity index is 2.26. The van der Waals surface area contributed by atoms with Crippen LogP contribution in [0.25, 0.3) is 10.9 Å². The molecule has 0 atom stereocenters. The predicted molar refractivity (Wildman–Crippen MR) is 56.1 cm³/mol. The van der Waals surface area contributed by atoms with E-state index < -0.39 is 6.09 Å². The molecule has 1 aromatic carbocycles. The highest BCUT2D eigenvalue weighted by Gasteiger charge is 1.99. The van der Waals surface area contributed by atoms with Crippen molar-refractivity contribution in [2.45, 2.75) is 6.61 Å². The molecule has 0 unspecified atom stereocenters. The molecule has 4 heteroatoms. The zero-order chi connectivity index (χ0) is 10.7. The molecule has 0 saturated carbocycles. The van der Waals surface area contributed by atoms with Crippen LogP contribution < -0.4 is 5.73 Å². The number of benzene rings is 1. The second kappa shape index (κ2) is 3.96. The maximum Gasteiger partial charge on any atom is 0.404 e. The average molecular weight is 202 g/mol. The Morgan fingerprint density at radius 1 is 1.27 bits per heavy atom. The van der Waals surface area contributed by atoms with Crippen LogP contribution in [0.1, 0.15) is 5.69 Å². The van der Waals surface area contributed by atoms with Gasteiger partial charge in [0.25, 0.3) is 0 Å². The van der Waals surface area contributed by atoms with Crippen LogP contribution in [0.3, 0.4) is 0 Å². The number of para-hydroxylation sites is 1. The van der Waals surface area contributed by atoms with Gasteiger partial charge < -0.3 is 10.5 Å². The molecule has 0 aliphatic carbocycles. The summed E-state index contributed by atoms with van der Waals surface area (Å²) in [5.41, 5.74) is 6.43. The lowest BCUT2D eigenvalue weighted by Crippen LogP contribution is -2.13. The van der Waals surface area contributed by atoms with Crippen LogP contribution in [0.4, 0.5) is 4.79 Å². The third kappa shape index (κ3) is 2.22. The van der Waals surface area contributed by atoms with Gasteiger partial charge in [0.1, 0.15) is 6.61 Å². The minimum absolute atomic E-state index is 0.111. The first-order chi connectivity index (χ1) is 7.25. The van der Waals surface area contributed by atoms with Crippen LogP contribution in [0.5, 0.6) is 0 Å².